The van der Waals surface area contributed by atoms with Gasteiger partial charge in [-0.2, -0.15) is 0 Å². The van der Waals surface area contributed by atoms with Crippen LogP contribution in [-0.2, 0) is 0 Å². The number of nitrogens with zero attached hydrogens (tertiary/aromatic N) is 3. The van der Waals surface area contributed by atoms with Crippen molar-refractivity contribution in [2.24, 2.45) is 4.99 Å². The molecule has 0 unspecified atom stereocenters. The summed E-state index contributed by atoms with van der Waals surface area (Å²) < 4.78 is 0. The Labute approximate surface area is 65.2 Å². The zero-order valence-corrected chi connectivity index (χ0v) is 6.57. The topological polar surface area (TPSA) is 64.2 Å². The summed E-state index contributed by atoms with van der Waals surface area (Å²) in [6.07, 6.45) is 3.10. The zero-order valence-electron chi connectivity index (χ0n) is 6.57. The van der Waals surface area contributed by atoms with Crippen LogP contribution in [-0.4, -0.2) is 16.2 Å². The number of nitrogens with two attached hydrogens (primary N) is 1. The van der Waals surface area contributed by atoms with E-state index in [2.05, 4.69) is 15.0 Å². The second kappa shape index (κ2) is 3.09. The molecule has 0 bridgehead atoms. The average Bonchev–Trinajstić information content (AvgIpc) is 1.97. The van der Waals surface area contributed by atoms with Gasteiger partial charge in [-0.1, -0.05) is 0 Å². The van der Waals surface area contributed by atoms with Crippen LogP contribution < -0.4 is 5.73 Å². The third kappa shape index (κ3) is 1.52. The van der Waals surface area contributed by atoms with Crippen molar-refractivity contribution in [1.29, 1.82) is 0 Å². The molecule has 1 aromatic rings. The van der Waals surface area contributed by atoms with Crippen molar-refractivity contribution < 1.29 is 0 Å². The van der Waals surface area contributed by atoms with E-state index in [0.29, 0.717) is 11.5 Å². The Morgan fingerprint density at radius 1 is 1.55 bits per heavy atom. The minimum Gasteiger partial charge on any atom is -0.382 e. The van der Waals surface area contributed by atoms with Gasteiger partial charge in [0.25, 0.3) is 0 Å². The normalized spacial score (nSPS) is 10.7. The first kappa shape index (κ1) is 7.65. The average molecular weight is 150 g/mol. The summed E-state index contributed by atoms with van der Waals surface area (Å²) in [5, 5.41) is 0. The number of hydrogen-bond acceptors (Lipinski definition) is 4. The predicted octanol–water partition coefficient (Wildman–Crippen LogP) is 1.09. The molecule has 0 spiro atoms. The third-order valence-corrected chi connectivity index (χ3v) is 1.29. The molecule has 0 aromatic carbocycles. The maximum absolute atomic E-state index is 5.54. The lowest BCUT2D eigenvalue weighted by Gasteiger charge is -1.99. The zero-order chi connectivity index (χ0) is 8.27. The molecule has 0 amide bonds. The minimum absolute atomic E-state index is 0.426. The molecule has 0 atom stereocenters. The Hall–Kier alpha value is -1.45. The van der Waals surface area contributed by atoms with E-state index in [4.69, 9.17) is 5.73 Å². The Morgan fingerprint density at radius 2 is 2.27 bits per heavy atom. The summed E-state index contributed by atoms with van der Waals surface area (Å²) in [4.78, 5) is 11.8. The standard InChI is InChI=1S/C7H10N4/c1-3-9-6-5(2)10-4-11-7(6)8/h3-4H,1-2H3,(H2,8,10,11). The summed E-state index contributed by atoms with van der Waals surface area (Å²) >= 11 is 0. The highest BCUT2D eigenvalue weighted by molar-refractivity contribution is 5.68. The van der Waals surface area contributed by atoms with Crippen LogP contribution >= 0.6 is 0 Å². The van der Waals surface area contributed by atoms with Gasteiger partial charge in [-0.15, -0.1) is 0 Å². The monoisotopic (exact) mass is 150 g/mol. The van der Waals surface area contributed by atoms with Crippen molar-refractivity contribution in [1.82, 2.24) is 9.97 Å². The summed E-state index contributed by atoms with van der Waals surface area (Å²) in [5.74, 6) is 0.426. The molecule has 0 saturated carbocycles. The van der Waals surface area contributed by atoms with Crippen LogP contribution in [0.2, 0.25) is 0 Å². The predicted molar refractivity (Wildman–Crippen MR) is 45.0 cm³/mol. The Kier molecular flexibility index (Phi) is 2.15. The quantitative estimate of drug-likeness (QED) is 0.609. The highest BCUT2D eigenvalue weighted by Gasteiger charge is 2.00. The fraction of sp³-hybridized carbons (Fsp3) is 0.286. The molecule has 0 aliphatic rings. The minimum atomic E-state index is 0.426. The number of anilines is 1. The van der Waals surface area contributed by atoms with E-state index in [1.165, 1.54) is 6.33 Å². The molecule has 4 nitrogen and oxygen atoms in total. The summed E-state index contributed by atoms with van der Waals surface area (Å²) in [6.45, 7) is 3.67. The lowest BCUT2D eigenvalue weighted by atomic mass is 10.3. The van der Waals surface area contributed by atoms with Crippen LogP contribution in [0.25, 0.3) is 0 Å². The van der Waals surface area contributed by atoms with Crippen molar-refractivity contribution in [3.05, 3.63) is 12.0 Å². The van der Waals surface area contributed by atoms with E-state index < -0.39 is 0 Å². The van der Waals surface area contributed by atoms with E-state index in [0.717, 1.165) is 5.69 Å². The second-order valence-corrected chi connectivity index (χ2v) is 2.08. The lowest BCUT2D eigenvalue weighted by molar-refractivity contribution is 1.10. The van der Waals surface area contributed by atoms with Gasteiger partial charge in [0.15, 0.2) is 5.82 Å². The molecule has 1 aromatic heterocycles. The first-order valence-corrected chi connectivity index (χ1v) is 3.31. The van der Waals surface area contributed by atoms with Gasteiger partial charge in [0.05, 0.1) is 5.69 Å². The number of rotatable bonds is 1. The fourth-order valence-electron chi connectivity index (χ4n) is 0.774. The van der Waals surface area contributed by atoms with Gasteiger partial charge >= 0.3 is 0 Å². The molecular weight excluding hydrogens is 140 g/mol. The number of aromatic nitrogens is 2. The summed E-state index contributed by atoms with van der Waals surface area (Å²) in [7, 11) is 0. The van der Waals surface area contributed by atoms with Crippen LogP contribution in [0.5, 0.6) is 0 Å². The van der Waals surface area contributed by atoms with Gasteiger partial charge in [-0.05, 0) is 13.8 Å². The molecule has 0 aliphatic heterocycles. The largest absolute Gasteiger partial charge is 0.382 e. The van der Waals surface area contributed by atoms with Gasteiger partial charge in [0.2, 0.25) is 0 Å². The summed E-state index contributed by atoms with van der Waals surface area (Å²) in [5.41, 5.74) is 7.01. The molecule has 0 aliphatic carbocycles. The van der Waals surface area contributed by atoms with E-state index in [1.54, 1.807) is 6.21 Å². The molecule has 0 radical (unpaired) electrons. The van der Waals surface area contributed by atoms with E-state index in [9.17, 15) is 0 Å². The molecule has 1 rings (SSSR count). The second-order valence-electron chi connectivity index (χ2n) is 2.08. The number of aliphatic imine (C=N–C) groups is 1. The maximum Gasteiger partial charge on any atom is 0.153 e. The van der Waals surface area contributed by atoms with E-state index in [1.807, 2.05) is 13.8 Å². The Balaban J connectivity index is 3.20. The van der Waals surface area contributed by atoms with Crippen LogP contribution in [0.4, 0.5) is 11.5 Å². The van der Waals surface area contributed by atoms with Gasteiger partial charge < -0.3 is 5.73 Å². The fourth-order valence-corrected chi connectivity index (χ4v) is 0.774. The molecule has 2 N–H and O–H groups in total. The maximum atomic E-state index is 5.54. The highest BCUT2D eigenvalue weighted by Crippen LogP contribution is 2.20. The van der Waals surface area contributed by atoms with E-state index >= 15 is 0 Å². The van der Waals surface area contributed by atoms with Crippen LogP contribution in [0.1, 0.15) is 12.6 Å². The molecule has 1 heterocycles. The van der Waals surface area contributed by atoms with Crippen LogP contribution in [0, 0.1) is 6.92 Å². The molecule has 58 valence electrons. The Bertz CT molecular complexity index is 260. The number of hydrogen-bond donors (Lipinski definition) is 1. The molecular formula is C7H10N4. The number of aryl methyl sites for hydroxylation is 1. The van der Waals surface area contributed by atoms with Crippen LogP contribution in [0.3, 0.4) is 0 Å². The van der Waals surface area contributed by atoms with Gasteiger partial charge in [0, 0.05) is 6.21 Å². The lowest BCUT2D eigenvalue weighted by Crippen LogP contribution is -1.94. The van der Waals surface area contributed by atoms with Crippen molar-refractivity contribution in [3.63, 3.8) is 0 Å². The third-order valence-electron chi connectivity index (χ3n) is 1.29. The van der Waals surface area contributed by atoms with Gasteiger partial charge in [-0.3, -0.25) is 4.99 Å². The smallest absolute Gasteiger partial charge is 0.153 e. The van der Waals surface area contributed by atoms with Crippen molar-refractivity contribution in [3.8, 4) is 0 Å². The van der Waals surface area contributed by atoms with Gasteiger partial charge in [0.1, 0.15) is 12.0 Å². The highest BCUT2D eigenvalue weighted by atomic mass is 15.0. The van der Waals surface area contributed by atoms with Crippen molar-refractivity contribution >= 4 is 17.7 Å². The van der Waals surface area contributed by atoms with Crippen LogP contribution in [0.15, 0.2) is 11.3 Å². The van der Waals surface area contributed by atoms with Gasteiger partial charge in [-0.25, -0.2) is 9.97 Å². The molecule has 0 saturated heterocycles. The SMILES string of the molecule is CC=Nc1c(C)ncnc1N. The molecule has 0 fully saturated rings. The number of nitrogen functional groups attached to an aromatic ring is 1. The molecule has 4 heteroatoms. The van der Waals surface area contributed by atoms with Crippen molar-refractivity contribution in [2.75, 3.05) is 5.73 Å². The summed E-state index contributed by atoms with van der Waals surface area (Å²) in [6, 6.07) is 0. The first-order chi connectivity index (χ1) is 5.25. The first-order valence-electron chi connectivity index (χ1n) is 3.31. The van der Waals surface area contributed by atoms with E-state index in [-0.39, 0.29) is 0 Å². The van der Waals surface area contributed by atoms with Crippen molar-refractivity contribution in [2.45, 2.75) is 13.8 Å². The Morgan fingerprint density at radius 3 is 2.82 bits per heavy atom. The molecule has 11 heavy (non-hydrogen) atoms.